The Morgan fingerprint density at radius 2 is 1.93 bits per heavy atom. The number of amides is 1. The lowest BCUT2D eigenvalue weighted by molar-refractivity contribution is -0.126. The zero-order chi connectivity index (χ0) is 10.1. The average molecular weight is 211 g/mol. The summed E-state index contributed by atoms with van der Waals surface area (Å²) in [5.74, 6) is 0.153. The molecule has 1 fully saturated rings. The summed E-state index contributed by atoms with van der Waals surface area (Å²) in [6.45, 7) is 0.747. The van der Waals surface area contributed by atoms with Crippen molar-refractivity contribution in [1.29, 1.82) is 0 Å². The predicted octanol–water partition coefficient (Wildman–Crippen LogP) is 1.92. The Morgan fingerprint density at radius 3 is 2.43 bits per heavy atom. The predicted molar refractivity (Wildman–Crippen MR) is 56.2 cm³/mol. The van der Waals surface area contributed by atoms with E-state index in [0.717, 1.165) is 12.2 Å². The molecule has 0 aromatic heterocycles. The number of carbonyl (C=O) groups excluding carboxylic acids is 1. The van der Waals surface area contributed by atoms with E-state index in [1.165, 1.54) is 0 Å². The Balaban J connectivity index is 2.23. The monoisotopic (exact) mass is 210 g/mol. The Labute approximate surface area is 87.8 Å². The van der Waals surface area contributed by atoms with Gasteiger partial charge in [0, 0.05) is 25.0 Å². The summed E-state index contributed by atoms with van der Waals surface area (Å²) in [6.07, 6.45) is 0.582. The highest BCUT2D eigenvalue weighted by atomic mass is 35.5. The maximum absolute atomic E-state index is 11.3. The molecule has 1 saturated heterocycles. The van der Waals surface area contributed by atoms with Gasteiger partial charge in [0.1, 0.15) is 0 Å². The number of rotatable bonds is 1. The Kier molecular flexibility index (Phi) is 2.33. The molecule has 1 heterocycles. The van der Waals surface area contributed by atoms with E-state index in [-0.39, 0.29) is 5.91 Å². The van der Waals surface area contributed by atoms with Crippen LogP contribution in [0.4, 0.5) is 5.69 Å². The van der Waals surface area contributed by atoms with E-state index in [2.05, 4.69) is 0 Å². The minimum atomic E-state index is 0.153. The number of nitrogens with zero attached hydrogens (tertiary/aromatic N) is 2. The van der Waals surface area contributed by atoms with E-state index in [9.17, 15) is 4.79 Å². The summed E-state index contributed by atoms with van der Waals surface area (Å²) in [5.41, 5.74) is 1.00. The van der Waals surface area contributed by atoms with Crippen LogP contribution in [0, 0.1) is 0 Å². The molecule has 1 aromatic carbocycles. The molecular weight excluding hydrogens is 200 g/mol. The number of hydrogen-bond acceptors (Lipinski definition) is 2. The van der Waals surface area contributed by atoms with Crippen LogP contribution in [-0.2, 0) is 4.79 Å². The van der Waals surface area contributed by atoms with Crippen LogP contribution >= 0.6 is 11.6 Å². The maximum Gasteiger partial charge on any atom is 0.242 e. The van der Waals surface area contributed by atoms with Crippen LogP contribution in [0.25, 0.3) is 0 Å². The highest BCUT2D eigenvalue weighted by Gasteiger charge is 2.25. The summed E-state index contributed by atoms with van der Waals surface area (Å²) in [6, 6.07) is 7.48. The molecule has 0 bridgehead atoms. The summed E-state index contributed by atoms with van der Waals surface area (Å²) in [5, 5.41) is 4.30. The molecule has 0 N–H and O–H groups in total. The van der Waals surface area contributed by atoms with Crippen LogP contribution < -0.4 is 5.01 Å². The van der Waals surface area contributed by atoms with Crippen molar-refractivity contribution in [1.82, 2.24) is 5.01 Å². The van der Waals surface area contributed by atoms with Gasteiger partial charge in [0.15, 0.2) is 0 Å². The highest BCUT2D eigenvalue weighted by Crippen LogP contribution is 2.22. The van der Waals surface area contributed by atoms with E-state index in [1.54, 1.807) is 12.1 Å². The lowest BCUT2D eigenvalue weighted by Gasteiger charge is -2.25. The van der Waals surface area contributed by atoms with Gasteiger partial charge >= 0.3 is 0 Å². The molecule has 0 unspecified atom stereocenters. The van der Waals surface area contributed by atoms with Crippen molar-refractivity contribution in [3.63, 3.8) is 0 Å². The molecule has 0 spiro atoms. The van der Waals surface area contributed by atoms with Crippen LogP contribution in [-0.4, -0.2) is 24.5 Å². The average Bonchev–Trinajstić information content (AvgIpc) is 2.50. The fourth-order valence-corrected chi connectivity index (χ4v) is 1.69. The maximum atomic E-state index is 11.3. The van der Waals surface area contributed by atoms with Gasteiger partial charge in [-0.2, -0.15) is 0 Å². The van der Waals surface area contributed by atoms with Crippen LogP contribution in [0.3, 0.4) is 0 Å². The lowest BCUT2D eigenvalue weighted by atomic mass is 10.3. The molecule has 0 atom stereocenters. The third kappa shape index (κ3) is 1.55. The molecule has 3 nitrogen and oxygen atoms in total. The molecule has 2 rings (SSSR count). The van der Waals surface area contributed by atoms with Crippen molar-refractivity contribution in [3.8, 4) is 0 Å². The van der Waals surface area contributed by atoms with Gasteiger partial charge in [-0.05, 0) is 24.3 Å². The smallest absolute Gasteiger partial charge is 0.242 e. The molecular formula is C10H11ClN2O. The minimum absolute atomic E-state index is 0.153. The second-order valence-electron chi connectivity index (χ2n) is 3.27. The van der Waals surface area contributed by atoms with E-state index in [4.69, 9.17) is 11.6 Å². The fourth-order valence-electron chi connectivity index (χ4n) is 1.56. The molecule has 1 aliphatic rings. The van der Waals surface area contributed by atoms with Gasteiger partial charge < -0.3 is 0 Å². The highest BCUT2D eigenvalue weighted by molar-refractivity contribution is 6.30. The molecule has 0 saturated carbocycles. The van der Waals surface area contributed by atoms with Crippen molar-refractivity contribution in [2.45, 2.75) is 6.42 Å². The van der Waals surface area contributed by atoms with Gasteiger partial charge in [-0.1, -0.05) is 11.6 Å². The van der Waals surface area contributed by atoms with Crippen molar-refractivity contribution >= 4 is 23.2 Å². The lowest BCUT2D eigenvalue weighted by Crippen LogP contribution is -2.35. The second-order valence-corrected chi connectivity index (χ2v) is 3.70. The largest absolute Gasteiger partial charge is 0.283 e. The third-order valence-electron chi connectivity index (χ3n) is 2.39. The van der Waals surface area contributed by atoms with Crippen molar-refractivity contribution in [2.75, 3.05) is 18.6 Å². The molecule has 1 amide bonds. The Hall–Kier alpha value is -1.22. The standard InChI is InChI=1S/C10H11ClN2O/c1-12-10(14)6-7-13(12)9-4-2-8(11)3-5-9/h2-5H,6-7H2,1H3. The Bertz CT molecular complexity index is 350. The molecule has 0 aliphatic carbocycles. The summed E-state index contributed by atoms with van der Waals surface area (Å²) in [7, 11) is 1.78. The van der Waals surface area contributed by atoms with Gasteiger partial charge in [0.2, 0.25) is 5.91 Å². The molecule has 74 valence electrons. The van der Waals surface area contributed by atoms with Gasteiger partial charge in [-0.15, -0.1) is 0 Å². The molecule has 4 heteroatoms. The molecule has 0 radical (unpaired) electrons. The van der Waals surface area contributed by atoms with E-state index in [1.807, 2.05) is 29.3 Å². The number of benzene rings is 1. The number of carbonyl (C=O) groups is 1. The number of hydrogen-bond donors (Lipinski definition) is 0. The molecule has 1 aliphatic heterocycles. The normalized spacial score (nSPS) is 16.6. The molecule has 1 aromatic rings. The van der Waals surface area contributed by atoms with Crippen molar-refractivity contribution < 1.29 is 4.79 Å². The molecule has 14 heavy (non-hydrogen) atoms. The summed E-state index contributed by atoms with van der Waals surface area (Å²) in [4.78, 5) is 11.3. The van der Waals surface area contributed by atoms with Crippen LogP contribution in [0.5, 0.6) is 0 Å². The zero-order valence-corrected chi connectivity index (χ0v) is 8.66. The minimum Gasteiger partial charge on any atom is -0.283 e. The van der Waals surface area contributed by atoms with Crippen LogP contribution in [0.1, 0.15) is 6.42 Å². The third-order valence-corrected chi connectivity index (χ3v) is 2.64. The topological polar surface area (TPSA) is 23.6 Å². The Morgan fingerprint density at radius 1 is 1.29 bits per heavy atom. The van der Waals surface area contributed by atoms with Crippen molar-refractivity contribution in [2.24, 2.45) is 0 Å². The summed E-state index contributed by atoms with van der Waals surface area (Å²) >= 11 is 5.78. The number of anilines is 1. The zero-order valence-electron chi connectivity index (χ0n) is 7.90. The first-order valence-corrected chi connectivity index (χ1v) is 4.86. The number of halogens is 1. The SMILES string of the molecule is CN1C(=O)CCN1c1ccc(Cl)cc1. The fraction of sp³-hybridized carbons (Fsp3) is 0.300. The van der Waals surface area contributed by atoms with Crippen molar-refractivity contribution in [3.05, 3.63) is 29.3 Å². The first-order valence-electron chi connectivity index (χ1n) is 4.48. The van der Waals surface area contributed by atoms with Gasteiger partial charge in [-0.25, -0.2) is 0 Å². The second kappa shape index (κ2) is 3.50. The van der Waals surface area contributed by atoms with E-state index < -0.39 is 0 Å². The van der Waals surface area contributed by atoms with Gasteiger partial charge in [-0.3, -0.25) is 14.8 Å². The number of hydrazine groups is 1. The summed E-state index contributed by atoms with van der Waals surface area (Å²) < 4.78 is 0. The van der Waals surface area contributed by atoms with Crippen LogP contribution in [0.15, 0.2) is 24.3 Å². The quantitative estimate of drug-likeness (QED) is 0.707. The first-order chi connectivity index (χ1) is 6.68. The van der Waals surface area contributed by atoms with Gasteiger partial charge in [0.05, 0.1) is 5.69 Å². The van der Waals surface area contributed by atoms with Crippen LogP contribution in [0.2, 0.25) is 5.02 Å². The first kappa shape index (κ1) is 9.34. The van der Waals surface area contributed by atoms with E-state index >= 15 is 0 Å². The van der Waals surface area contributed by atoms with E-state index in [0.29, 0.717) is 11.4 Å². The van der Waals surface area contributed by atoms with Gasteiger partial charge in [0.25, 0.3) is 0 Å².